The van der Waals surface area contributed by atoms with Gasteiger partial charge in [-0.3, -0.25) is 4.79 Å². The second kappa shape index (κ2) is 1.68. The van der Waals surface area contributed by atoms with E-state index in [-0.39, 0.29) is 11.7 Å². The molecule has 1 aromatic rings. The Bertz CT molecular complexity index is 277. The van der Waals surface area contributed by atoms with Crippen LogP contribution in [-0.4, -0.2) is 10.9 Å². The lowest BCUT2D eigenvalue weighted by Gasteiger charge is -1.92. The molecule has 1 atom stereocenters. The summed E-state index contributed by atoms with van der Waals surface area (Å²) in [6.45, 7) is 1.90. The van der Waals surface area contributed by atoms with E-state index in [2.05, 4.69) is 5.16 Å². The summed E-state index contributed by atoms with van der Waals surface area (Å²) in [4.78, 5) is 11.2. The Morgan fingerprint density at radius 2 is 2.60 bits per heavy atom. The van der Waals surface area contributed by atoms with E-state index in [1.165, 1.54) is 6.20 Å². The molecule has 0 bridgehead atoms. The molecule has 1 aliphatic carbocycles. The standard InChI is InChI=1S/C7H7NO2/c1-4-2-6-5(7(4)9)3-8-10-6/h3-4H,2H2,1H3. The van der Waals surface area contributed by atoms with Crippen LogP contribution < -0.4 is 0 Å². The Balaban J connectivity index is 2.53. The van der Waals surface area contributed by atoms with Crippen LogP contribution in [0.3, 0.4) is 0 Å². The van der Waals surface area contributed by atoms with Crippen molar-refractivity contribution >= 4 is 5.78 Å². The molecule has 1 aliphatic rings. The predicted octanol–water partition coefficient (Wildman–Crippen LogP) is 1.05. The first-order chi connectivity index (χ1) is 4.79. The van der Waals surface area contributed by atoms with Crippen molar-refractivity contribution in [2.45, 2.75) is 13.3 Å². The first-order valence-electron chi connectivity index (χ1n) is 3.27. The molecule has 2 rings (SSSR count). The molecule has 1 unspecified atom stereocenters. The van der Waals surface area contributed by atoms with Gasteiger partial charge in [-0.1, -0.05) is 12.1 Å². The highest BCUT2D eigenvalue weighted by molar-refractivity contribution is 6.00. The second-order valence-corrected chi connectivity index (χ2v) is 2.63. The number of hydrogen-bond acceptors (Lipinski definition) is 3. The summed E-state index contributed by atoms with van der Waals surface area (Å²) in [5.74, 6) is 1.01. The number of Topliss-reactive ketones (excluding diaryl/α,β-unsaturated/α-hetero) is 1. The van der Waals surface area contributed by atoms with Crippen molar-refractivity contribution in [1.82, 2.24) is 5.16 Å². The first-order valence-corrected chi connectivity index (χ1v) is 3.27. The lowest BCUT2D eigenvalue weighted by Crippen LogP contribution is -2.03. The lowest BCUT2D eigenvalue weighted by atomic mass is 10.1. The van der Waals surface area contributed by atoms with Crippen molar-refractivity contribution in [3.05, 3.63) is 17.5 Å². The van der Waals surface area contributed by atoms with E-state index in [0.29, 0.717) is 12.0 Å². The fourth-order valence-electron chi connectivity index (χ4n) is 1.25. The minimum atomic E-state index is 0.0942. The van der Waals surface area contributed by atoms with Crippen LogP contribution >= 0.6 is 0 Å². The molecule has 52 valence electrons. The van der Waals surface area contributed by atoms with Gasteiger partial charge in [-0.05, 0) is 0 Å². The zero-order chi connectivity index (χ0) is 7.14. The molecule has 0 fully saturated rings. The molecular formula is C7H7NO2. The number of fused-ring (bicyclic) bond motifs is 1. The van der Waals surface area contributed by atoms with Gasteiger partial charge in [0.05, 0.1) is 11.8 Å². The lowest BCUT2D eigenvalue weighted by molar-refractivity contribution is 0.0945. The van der Waals surface area contributed by atoms with Gasteiger partial charge < -0.3 is 4.52 Å². The summed E-state index contributed by atoms with van der Waals surface area (Å²) in [7, 11) is 0. The van der Waals surface area contributed by atoms with Crippen molar-refractivity contribution in [2.75, 3.05) is 0 Å². The van der Waals surface area contributed by atoms with Gasteiger partial charge in [-0.25, -0.2) is 0 Å². The van der Waals surface area contributed by atoms with Crippen molar-refractivity contribution < 1.29 is 9.32 Å². The molecule has 0 spiro atoms. The highest BCUT2D eigenvalue weighted by Gasteiger charge is 2.30. The Morgan fingerprint density at radius 3 is 3.30 bits per heavy atom. The highest BCUT2D eigenvalue weighted by Crippen LogP contribution is 2.25. The molecule has 0 radical (unpaired) electrons. The van der Waals surface area contributed by atoms with E-state index >= 15 is 0 Å². The maximum absolute atomic E-state index is 11.2. The largest absolute Gasteiger partial charge is 0.361 e. The van der Waals surface area contributed by atoms with Gasteiger partial charge in [0.25, 0.3) is 0 Å². The van der Waals surface area contributed by atoms with Gasteiger partial charge in [0, 0.05) is 12.3 Å². The predicted molar refractivity (Wildman–Crippen MR) is 33.7 cm³/mol. The van der Waals surface area contributed by atoms with E-state index in [0.717, 1.165) is 5.76 Å². The Hall–Kier alpha value is -1.12. The van der Waals surface area contributed by atoms with Gasteiger partial charge in [0.2, 0.25) is 0 Å². The van der Waals surface area contributed by atoms with E-state index in [4.69, 9.17) is 4.52 Å². The summed E-state index contributed by atoms with van der Waals surface area (Å²) in [5.41, 5.74) is 0.674. The first kappa shape index (κ1) is 5.65. The normalized spacial score (nSPS) is 23.3. The van der Waals surface area contributed by atoms with E-state index in [1.807, 2.05) is 6.92 Å². The quantitative estimate of drug-likeness (QED) is 0.536. The molecule has 1 heterocycles. The molecule has 0 saturated carbocycles. The maximum atomic E-state index is 11.2. The van der Waals surface area contributed by atoms with Gasteiger partial charge in [-0.15, -0.1) is 0 Å². The average Bonchev–Trinajstić information content (AvgIpc) is 2.41. The molecule has 0 saturated heterocycles. The van der Waals surface area contributed by atoms with E-state index < -0.39 is 0 Å². The topological polar surface area (TPSA) is 43.1 Å². The van der Waals surface area contributed by atoms with Crippen LogP contribution in [0.15, 0.2) is 10.7 Å². The Kier molecular flexibility index (Phi) is 0.952. The average molecular weight is 137 g/mol. The fourth-order valence-corrected chi connectivity index (χ4v) is 1.25. The third-order valence-electron chi connectivity index (χ3n) is 1.85. The van der Waals surface area contributed by atoms with E-state index in [1.54, 1.807) is 0 Å². The minimum Gasteiger partial charge on any atom is -0.361 e. The van der Waals surface area contributed by atoms with Crippen molar-refractivity contribution in [2.24, 2.45) is 5.92 Å². The van der Waals surface area contributed by atoms with Crippen LogP contribution in [0.25, 0.3) is 0 Å². The molecule has 0 aromatic carbocycles. The Labute approximate surface area is 58.0 Å². The van der Waals surface area contributed by atoms with Crippen molar-refractivity contribution in [3.63, 3.8) is 0 Å². The summed E-state index contributed by atoms with van der Waals surface area (Å²) in [6, 6.07) is 0. The summed E-state index contributed by atoms with van der Waals surface area (Å²) in [6.07, 6.45) is 2.22. The summed E-state index contributed by atoms with van der Waals surface area (Å²) in [5, 5.41) is 3.53. The molecule has 1 aromatic heterocycles. The van der Waals surface area contributed by atoms with Crippen LogP contribution in [0.1, 0.15) is 23.0 Å². The number of hydrogen-bond donors (Lipinski definition) is 0. The third-order valence-corrected chi connectivity index (χ3v) is 1.85. The van der Waals surface area contributed by atoms with Gasteiger partial charge in [-0.2, -0.15) is 0 Å². The van der Waals surface area contributed by atoms with Gasteiger partial charge >= 0.3 is 0 Å². The number of nitrogens with zero attached hydrogens (tertiary/aromatic N) is 1. The van der Waals surface area contributed by atoms with Gasteiger partial charge in [0.1, 0.15) is 5.76 Å². The molecule has 3 heteroatoms. The Morgan fingerprint density at radius 1 is 1.80 bits per heavy atom. The van der Waals surface area contributed by atoms with Crippen LogP contribution in [-0.2, 0) is 6.42 Å². The minimum absolute atomic E-state index is 0.0942. The number of aromatic nitrogens is 1. The van der Waals surface area contributed by atoms with Crippen LogP contribution in [0.5, 0.6) is 0 Å². The zero-order valence-corrected chi connectivity index (χ0v) is 5.63. The molecule has 10 heavy (non-hydrogen) atoms. The summed E-state index contributed by atoms with van der Waals surface area (Å²) >= 11 is 0. The van der Waals surface area contributed by atoms with Crippen LogP contribution in [0.4, 0.5) is 0 Å². The van der Waals surface area contributed by atoms with Crippen molar-refractivity contribution in [1.29, 1.82) is 0 Å². The zero-order valence-electron chi connectivity index (χ0n) is 5.63. The third kappa shape index (κ3) is 0.546. The molecule has 3 nitrogen and oxygen atoms in total. The highest BCUT2D eigenvalue weighted by atomic mass is 16.5. The molecular weight excluding hydrogens is 130 g/mol. The second-order valence-electron chi connectivity index (χ2n) is 2.63. The molecule has 0 amide bonds. The van der Waals surface area contributed by atoms with Gasteiger partial charge in [0.15, 0.2) is 5.78 Å². The van der Waals surface area contributed by atoms with Crippen molar-refractivity contribution in [3.8, 4) is 0 Å². The SMILES string of the molecule is CC1Cc2oncc2C1=O. The number of rotatable bonds is 0. The number of ketones is 1. The summed E-state index contributed by atoms with van der Waals surface area (Å²) < 4.78 is 4.85. The number of carbonyl (C=O) groups excluding carboxylic acids is 1. The molecule has 0 N–H and O–H groups in total. The fraction of sp³-hybridized carbons (Fsp3) is 0.429. The maximum Gasteiger partial charge on any atom is 0.171 e. The van der Waals surface area contributed by atoms with Crippen LogP contribution in [0.2, 0.25) is 0 Å². The monoisotopic (exact) mass is 137 g/mol. The molecule has 0 aliphatic heterocycles. The van der Waals surface area contributed by atoms with Crippen LogP contribution in [0, 0.1) is 5.92 Å². The smallest absolute Gasteiger partial charge is 0.171 e. The van der Waals surface area contributed by atoms with E-state index in [9.17, 15) is 4.79 Å². The number of carbonyl (C=O) groups is 1.